The van der Waals surface area contributed by atoms with Gasteiger partial charge in [-0.1, -0.05) is 24.3 Å². The predicted molar refractivity (Wildman–Crippen MR) is 96.6 cm³/mol. The highest BCUT2D eigenvalue weighted by Gasteiger charge is 2.45. The molecule has 3 heterocycles. The summed E-state index contributed by atoms with van der Waals surface area (Å²) in [5.41, 5.74) is 0.573. The number of amides is 1. The number of halogens is 1. The number of aromatic nitrogens is 1. The fraction of sp³-hybridized carbons (Fsp3) is 0.0952. The molecule has 2 aromatic heterocycles. The van der Waals surface area contributed by atoms with Gasteiger partial charge in [0.2, 0.25) is 5.78 Å². The highest BCUT2D eigenvalue weighted by atomic mass is 19.1. The van der Waals surface area contributed by atoms with Crippen molar-refractivity contribution in [1.82, 2.24) is 9.88 Å². The van der Waals surface area contributed by atoms with Gasteiger partial charge in [-0.15, -0.1) is 0 Å². The minimum Gasteiger partial charge on any atom is -0.503 e. The van der Waals surface area contributed by atoms with Crippen LogP contribution in [0.3, 0.4) is 0 Å². The zero-order chi connectivity index (χ0) is 19.7. The topological polar surface area (TPSA) is 83.6 Å². The third-order valence-corrected chi connectivity index (χ3v) is 4.57. The van der Waals surface area contributed by atoms with Crippen LogP contribution in [-0.4, -0.2) is 26.7 Å². The van der Waals surface area contributed by atoms with Crippen LogP contribution in [0.5, 0.6) is 0 Å². The lowest BCUT2D eigenvalue weighted by Gasteiger charge is -2.27. The number of hydrogen-bond acceptors (Lipinski definition) is 5. The fourth-order valence-corrected chi connectivity index (χ4v) is 3.30. The van der Waals surface area contributed by atoms with E-state index in [1.165, 1.54) is 41.5 Å². The zero-order valence-electron chi connectivity index (χ0n) is 14.6. The number of carbonyl (C=O) groups is 2. The van der Waals surface area contributed by atoms with Crippen LogP contribution in [0.4, 0.5) is 4.39 Å². The highest BCUT2D eigenvalue weighted by Crippen LogP contribution is 2.40. The standard InChI is InChI=1S/C21H15FN2O4/c22-15-7-2-1-6-14(15)18-17(19(25)16-8-4-10-28-16)20(26)21(27)24(18)12-13-5-3-9-23-11-13/h1-11,18,26H,12H2. The number of pyridine rings is 1. The van der Waals surface area contributed by atoms with Gasteiger partial charge in [0.1, 0.15) is 5.82 Å². The largest absolute Gasteiger partial charge is 0.503 e. The molecule has 0 fully saturated rings. The summed E-state index contributed by atoms with van der Waals surface area (Å²) in [6.07, 6.45) is 4.47. The molecule has 3 aromatic rings. The number of carbonyl (C=O) groups excluding carboxylic acids is 2. The second-order valence-electron chi connectivity index (χ2n) is 6.29. The Morgan fingerprint density at radius 3 is 2.68 bits per heavy atom. The minimum atomic E-state index is -1.09. The van der Waals surface area contributed by atoms with E-state index >= 15 is 0 Å². The Kier molecular flexibility index (Phi) is 4.49. The smallest absolute Gasteiger partial charge is 0.290 e. The number of ketones is 1. The highest BCUT2D eigenvalue weighted by molar-refractivity contribution is 6.15. The number of aliphatic hydroxyl groups is 1. The summed E-state index contributed by atoms with van der Waals surface area (Å²) in [5.74, 6) is -2.77. The van der Waals surface area contributed by atoms with E-state index in [2.05, 4.69) is 4.98 Å². The molecular formula is C21H15FN2O4. The lowest BCUT2D eigenvalue weighted by Crippen LogP contribution is -2.31. The summed E-state index contributed by atoms with van der Waals surface area (Å²) in [4.78, 5) is 31.0. The Hall–Kier alpha value is -3.74. The van der Waals surface area contributed by atoms with Gasteiger partial charge < -0.3 is 14.4 Å². The van der Waals surface area contributed by atoms with Gasteiger partial charge in [-0.2, -0.15) is 0 Å². The molecule has 1 atom stereocenters. The molecule has 4 rings (SSSR count). The molecule has 0 bridgehead atoms. The molecule has 0 spiro atoms. The molecule has 0 saturated carbocycles. The average Bonchev–Trinajstić information content (AvgIpc) is 3.32. The Morgan fingerprint density at radius 1 is 1.18 bits per heavy atom. The molecule has 1 aliphatic heterocycles. The zero-order valence-corrected chi connectivity index (χ0v) is 14.6. The monoisotopic (exact) mass is 378 g/mol. The number of hydrogen-bond donors (Lipinski definition) is 1. The van der Waals surface area contributed by atoms with Crippen molar-refractivity contribution < 1.29 is 23.5 Å². The van der Waals surface area contributed by atoms with Crippen molar-refractivity contribution >= 4 is 11.7 Å². The first-order chi connectivity index (χ1) is 13.6. The SMILES string of the molecule is O=C(C1=C(O)C(=O)N(Cc2cccnc2)C1c1ccccc1F)c1ccco1. The van der Waals surface area contributed by atoms with Crippen LogP contribution in [-0.2, 0) is 11.3 Å². The van der Waals surface area contributed by atoms with Crippen molar-refractivity contribution in [3.05, 3.63) is 101 Å². The van der Waals surface area contributed by atoms with Gasteiger partial charge in [0.25, 0.3) is 5.91 Å². The normalized spacial score (nSPS) is 16.7. The van der Waals surface area contributed by atoms with E-state index < -0.39 is 29.3 Å². The van der Waals surface area contributed by atoms with E-state index in [-0.39, 0.29) is 23.4 Å². The molecule has 1 unspecified atom stereocenters. The molecule has 28 heavy (non-hydrogen) atoms. The van der Waals surface area contributed by atoms with Gasteiger partial charge in [0.05, 0.1) is 17.9 Å². The van der Waals surface area contributed by atoms with Crippen LogP contribution in [0.25, 0.3) is 0 Å². The third-order valence-electron chi connectivity index (χ3n) is 4.57. The summed E-state index contributed by atoms with van der Waals surface area (Å²) in [5, 5.41) is 10.5. The van der Waals surface area contributed by atoms with Gasteiger partial charge >= 0.3 is 0 Å². The van der Waals surface area contributed by atoms with E-state index in [1.807, 2.05) is 0 Å². The maximum Gasteiger partial charge on any atom is 0.290 e. The molecule has 7 heteroatoms. The summed E-state index contributed by atoms with van der Waals surface area (Å²) < 4.78 is 19.7. The van der Waals surface area contributed by atoms with Gasteiger partial charge in [-0.3, -0.25) is 14.6 Å². The minimum absolute atomic E-state index is 0.0427. The van der Waals surface area contributed by atoms with E-state index in [1.54, 1.807) is 30.6 Å². The maximum absolute atomic E-state index is 14.6. The Morgan fingerprint density at radius 2 is 2.00 bits per heavy atom. The first-order valence-electron chi connectivity index (χ1n) is 8.53. The molecule has 1 aromatic carbocycles. The van der Waals surface area contributed by atoms with Crippen LogP contribution >= 0.6 is 0 Å². The summed E-state index contributed by atoms with van der Waals surface area (Å²) in [6, 6.07) is 11.2. The summed E-state index contributed by atoms with van der Waals surface area (Å²) in [7, 11) is 0. The second kappa shape index (κ2) is 7.11. The molecule has 1 aliphatic rings. The van der Waals surface area contributed by atoms with E-state index in [0.29, 0.717) is 5.56 Å². The van der Waals surface area contributed by atoms with Crippen molar-refractivity contribution in [1.29, 1.82) is 0 Å². The quantitative estimate of drug-likeness (QED) is 0.686. The first kappa shape index (κ1) is 17.7. The van der Waals surface area contributed by atoms with E-state index in [0.717, 1.165) is 0 Å². The molecule has 1 N–H and O–H groups in total. The Balaban J connectivity index is 1.82. The van der Waals surface area contributed by atoms with Crippen LogP contribution in [0, 0.1) is 5.82 Å². The van der Waals surface area contributed by atoms with Crippen LogP contribution in [0.1, 0.15) is 27.7 Å². The number of benzene rings is 1. The lowest BCUT2D eigenvalue weighted by atomic mass is 9.94. The summed E-state index contributed by atoms with van der Waals surface area (Å²) in [6.45, 7) is 0.0463. The number of Topliss-reactive ketones (excluding diaryl/α,β-unsaturated/α-hetero) is 1. The Bertz CT molecular complexity index is 1060. The third kappa shape index (κ3) is 2.96. The van der Waals surface area contributed by atoms with Crippen molar-refractivity contribution in [2.75, 3.05) is 0 Å². The number of aliphatic hydroxyl groups excluding tert-OH is 1. The molecular weight excluding hydrogens is 363 g/mol. The van der Waals surface area contributed by atoms with Gasteiger partial charge in [-0.25, -0.2) is 4.39 Å². The van der Waals surface area contributed by atoms with E-state index in [4.69, 9.17) is 4.42 Å². The Labute approximate surface area is 159 Å². The molecule has 6 nitrogen and oxygen atoms in total. The van der Waals surface area contributed by atoms with Crippen molar-refractivity contribution in [3.63, 3.8) is 0 Å². The molecule has 1 amide bonds. The fourth-order valence-electron chi connectivity index (χ4n) is 3.30. The van der Waals surface area contributed by atoms with Crippen LogP contribution in [0.15, 0.2) is 82.9 Å². The molecule has 0 aliphatic carbocycles. The van der Waals surface area contributed by atoms with Crippen molar-refractivity contribution in [2.45, 2.75) is 12.6 Å². The maximum atomic E-state index is 14.6. The average molecular weight is 378 g/mol. The van der Waals surface area contributed by atoms with Crippen molar-refractivity contribution in [3.8, 4) is 0 Å². The number of furan rings is 1. The predicted octanol–water partition coefficient (Wildman–Crippen LogP) is 3.59. The lowest BCUT2D eigenvalue weighted by molar-refractivity contribution is -0.130. The van der Waals surface area contributed by atoms with Crippen LogP contribution < -0.4 is 0 Å². The number of rotatable bonds is 5. The van der Waals surface area contributed by atoms with Crippen LogP contribution in [0.2, 0.25) is 0 Å². The van der Waals surface area contributed by atoms with Gasteiger partial charge in [0.15, 0.2) is 11.5 Å². The molecule has 0 radical (unpaired) electrons. The second-order valence-corrected chi connectivity index (χ2v) is 6.29. The summed E-state index contributed by atoms with van der Waals surface area (Å²) >= 11 is 0. The van der Waals surface area contributed by atoms with Gasteiger partial charge in [0, 0.05) is 24.5 Å². The van der Waals surface area contributed by atoms with Gasteiger partial charge in [-0.05, 0) is 29.8 Å². The first-order valence-corrected chi connectivity index (χ1v) is 8.53. The van der Waals surface area contributed by atoms with Crippen molar-refractivity contribution in [2.24, 2.45) is 0 Å². The number of nitrogens with zero attached hydrogens (tertiary/aromatic N) is 2. The molecule has 0 saturated heterocycles. The van der Waals surface area contributed by atoms with E-state index in [9.17, 15) is 19.1 Å². The molecule has 140 valence electrons.